The quantitative estimate of drug-likeness (QED) is 0.759. The number of fused-ring (bicyclic) bond motifs is 1. The lowest BCUT2D eigenvalue weighted by molar-refractivity contribution is 0.0935. The highest BCUT2D eigenvalue weighted by Crippen LogP contribution is 2.21. The van der Waals surface area contributed by atoms with Crippen molar-refractivity contribution in [2.24, 2.45) is 0 Å². The summed E-state index contributed by atoms with van der Waals surface area (Å²) >= 11 is 0. The lowest BCUT2D eigenvalue weighted by Crippen LogP contribution is -2.37. The van der Waals surface area contributed by atoms with Crippen LogP contribution in [0.15, 0.2) is 43.1 Å². The van der Waals surface area contributed by atoms with Crippen molar-refractivity contribution in [1.82, 2.24) is 29.9 Å². The van der Waals surface area contributed by atoms with Crippen molar-refractivity contribution in [2.75, 3.05) is 18.0 Å². The number of hydrogen-bond acceptors (Lipinski definition) is 6. The van der Waals surface area contributed by atoms with Crippen molar-refractivity contribution >= 4 is 17.4 Å². The Hall–Kier alpha value is -3.03. The van der Waals surface area contributed by atoms with Gasteiger partial charge in [-0.1, -0.05) is 6.07 Å². The third-order valence-corrected chi connectivity index (χ3v) is 3.92. The fraction of sp³-hybridized carbons (Fsp3) is 0.267. The van der Waals surface area contributed by atoms with Crippen LogP contribution in [-0.2, 0) is 0 Å². The van der Waals surface area contributed by atoms with Crippen molar-refractivity contribution < 1.29 is 4.79 Å². The van der Waals surface area contributed by atoms with E-state index in [2.05, 4.69) is 30.4 Å². The second-order valence-corrected chi connectivity index (χ2v) is 5.43. The van der Waals surface area contributed by atoms with Gasteiger partial charge >= 0.3 is 0 Å². The molecule has 0 spiro atoms. The molecule has 0 bridgehead atoms. The molecular formula is C15H15N7O. The number of aromatic nitrogens is 5. The molecule has 1 saturated heterocycles. The average Bonchev–Trinajstić information content (AvgIpc) is 3.24. The van der Waals surface area contributed by atoms with Gasteiger partial charge in [0.05, 0.1) is 0 Å². The first-order valence-corrected chi connectivity index (χ1v) is 7.42. The Morgan fingerprint density at radius 2 is 2.22 bits per heavy atom. The van der Waals surface area contributed by atoms with Crippen LogP contribution in [-0.4, -0.2) is 49.6 Å². The number of pyridine rings is 1. The van der Waals surface area contributed by atoms with E-state index in [1.54, 1.807) is 36.9 Å². The molecule has 1 unspecified atom stereocenters. The molecule has 0 saturated carbocycles. The molecule has 3 aromatic rings. The molecule has 1 fully saturated rings. The van der Waals surface area contributed by atoms with Gasteiger partial charge in [0.15, 0.2) is 5.82 Å². The van der Waals surface area contributed by atoms with E-state index >= 15 is 0 Å². The van der Waals surface area contributed by atoms with E-state index in [4.69, 9.17) is 0 Å². The first-order valence-electron chi connectivity index (χ1n) is 7.42. The summed E-state index contributed by atoms with van der Waals surface area (Å²) < 4.78 is 1.84. The van der Waals surface area contributed by atoms with Gasteiger partial charge in [0.2, 0.25) is 5.65 Å². The van der Waals surface area contributed by atoms with E-state index in [1.807, 2.05) is 10.6 Å². The van der Waals surface area contributed by atoms with E-state index in [1.165, 1.54) is 0 Å². The highest BCUT2D eigenvalue weighted by atomic mass is 16.1. The highest BCUT2D eigenvalue weighted by Gasteiger charge is 2.27. The van der Waals surface area contributed by atoms with E-state index < -0.39 is 0 Å². The van der Waals surface area contributed by atoms with Crippen LogP contribution >= 0.6 is 0 Å². The summed E-state index contributed by atoms with van der Waals surface area (Å²) in [5.41, 5.74) is 1.16. The van der Waals surface area contributed by atoms with E-state index in [-0.39, 0.29) is 11.9 Å². The second-order valence-electron chi connectivity index (χ2n) is 5.43. The largest absolute Gasteiger partial charge is 0.351 e. The van der Waals surface area contributed by atoms with Gasteiger partial charge < -0.3 is 10.2 Å². The van der Waals surface area contributed by atoms with Crippen LogP contribution in [0.1, 0.15) is 16.9 Å². The number of carbonyl (C=O) groups excluding carboxylic acids is 1. The van der Waals surface area contributed by atoms with Gasteiger partial charge in [0.1, 0.15) is 12.0 Å². The first-order chi connectivity index (χ1) is 11.3. The first kappa shape index (κ1) is 13.6. The number of carbonyl (C=O) groups is 1. The molecule has 23 heavy (non-hydrogen) atoms. The number of hydrogen-bond donors (Lipinski definition) is 1. The normalized spacial score (nSPS) is 17.6. The van der Waals surface area contributed by atoms with Gasteiger partial charge in [-0.2, -0.15) is 0 Å². The summed E-state index contributed by atoms with van der Waals surface area (Å²) in [7, 11) is 0. The van der Waals surface area contributed by atoms with Gasteiger partial charge in [-0.05, 0) is 18.6 Å². The molecule has 1 atom stereocenters. The maximum atomic E-state index is 12.2. The molecule has 8 heteroatoms. The fourth-order valence-corrected chi connectivity index (χ4v) is 2.80. The molecule has 3 aromatic heterocycles. The minimum atomic E-state index is -0.147. The van der Waals surface area contributed by atoms with Crippen molar-refractivity contribution in [1.29, 1.82) is 0 Å². The monoisotopic (exact) mass is 309 g/mol. The predicted octanol–water partition coefficient (Wildman–Crippen LogP) is 0.528. The molecule has 0 aromatic carbocycles. The third-order valence-electron chi connectivity index (χ3n) is 3.92. The van der Waals surface area contributed by atoms with Crippen LogP contribution in [0.2, 0.25) is 0 Å². The summed E-state index contributed by atoms with van der Waals surface area (Å²) in [6.07, 6.45) is 7.67. The topological polar surface area (TPSA) is 88.3 Å². The Morgan fingerprint density at radius 3 is 3.09 bits per heavy atom. The zero-order valence-electron chi connectivity index (χ0n) is 12.3. The van der Waals surface area contributed by atoms with E-state index in [0.717, 1.165) is 24.4 Å². The number of anilines is 1. The van der Waals surface area contributed by atoms with Crippen LogP contribution in [0.4, 0.5) is 5.82 Å². The molecule has 116 valence electrons. The van der Waals surface area contributed by atoms with Crippen molar-refractivity contribution in [3.63, 3.8) is 0 Å². The minimum absolute atomic E-state index is 0.0643. The number of nitrogens with one attached hydrogen (secondary N) is 1. The Kier molecular flexibility index (Phi) is 3.34. The van der Waals surface area contributed by atoms with Gasteiger partial charge in [-0.25, -0.2) is 4.98 Å². The van der Waals surface area contributed by atoms with Gasteiger partial charge in [-0.3, -0.25) is 14.2 Å². The maximum Gasteiger partial charge on any atom is 0.270 e. The molecule has 1 aliphatic heterocycles. The SMILES string of the molecule is O=C(NC1CCN(c2nccn3cnnc23)C1)c1ccccn1. The summed E-state index contributed by atoms with van der Waals surface area (Å²) in [6, 6.07) is 5.37. The van der Waals surface area contributed by atoms with Gasteiger partial charge in [-0.15, -0.1) is 10.2 Å². The van der Waals surface area contributed by atoms with Crippen molar-refractivity contribution in [3.8, 4) is 0 Å². The molecule has 0 radical (unpaired) electrons. The lowest BCUT2D eigenvalue weighted by atomic mass is 10.2. The smallest absolute Gasteiger partial charge is 0.270 e. The van der Waals surface area contributed by atoms with Crippen LogP contribution in [0.5, 0.6) is 0 Å². The zero-order valence-corrected chi connectivity index (χ0v) is 12.3. The second kappa shape index (κ2) is 5.64. The van der Waals surface area contributed by atoms with Crippen molar-refractivity contribution in [2.45, 2.75) is 12.5 Å². The van der Waals surface area contributed by atoms with Crippen LogP contribution in [0.25, 0.3) is 5.65 Å². The number of rotatable bonds is 3. The molecule has 1 amide bonds. The summed E-state index contributed by atoms with van der Waals surface area (Å²) in [4.78, 5) is 22.8. The zero-order chi connectivity index (χ0) is 15.6. The Labute approximate surface area is 132 Å². The molecule has 1 N–H and O–H groups in total. The maximum absolute atomic E-state index is 12.2. The molecule has 0 aliphatic carbocycles. The Morgan fingerprint density at radius 1 is 1.26 bits per heavy atom. The minimum Gasteiger partial charge on any atom is -0.351 e. The van der Waals surface area contributed by atoms with E-state index in [0.29, 0.717) is 12.2 Å². The summed E-state index contributed by atoms with van der Waals surface area (Å²) in [5.74, 6) is 0.644. The summed E-state index contributed by atoms with van der Waals surface area (Å²) in [6.45, 7) is 1.50. The van der Waals surface area contributed by atoms with Gasteiger partial charge in [0.25, 0.3) is 5.91 Å². The third kappa shape index (κ3) is 2.59. The highest BCUT2D eigenvalue weighted by molar-refractivity contribution is 5.92. The predicted molar refractivity (Wildman–Crippen MR) is 83.1 cm³/mol. The van der Waals surface area contributed by atoms with Crippen LogP contribution < -0.4 is 10.2 Å². The lowest BCUT2D eigenvalue weighted by Gasteiger charge is -2.18. The van der Waals surface area contributed by atoms with Crippen LogP contribution in [0, 0.1) is 0 Å². The number of nitrogens with zero attached hydrogens (tertiary/aromatic N) is 6. The molecule has 8 nitrogen and oxygen atoms in total. The van der Waals surface area contributed by atoms with Crippen molar-refractivity contribution in [3.05, 3.63) is 48.8 Å². The van der Waals surface area contributed by atoms with E-state index in [9.17, 15) is 4.79 Å². The average molecular weight is 309 g/mol. The van der Waals surface area contributed by atoms with Crippen LogP contribution in [0.3, 0.4) is 0 Å². The Bertz CT molecular complexity index is 832. The molecule has 4 rings (SSSR count). The molecular weight excluding hydrogens is 294 g/mol. The molecule has 1 aliphatic rings. The Balaban J connectivity index is 1.47. The molecule has 4 heterocycles. The summed E-state index contributed by atoms with van der Waals surface area (Å²) in [5, 5.41) is 11.0. The number of amides is 1. The standard InChI is InChI=1S/C15H15N7O/c23-15(12-3-1-2-5-16-12)19-11-4-7-21(9-11)13-14-20-18-10-22(14)8-6-17-13/h1-3,5-6,8,10-11H,4,7,9H2,(H,19,23). The fourth-order valence-electron chi connectivity index (χ4n) is 2.80. The van der Waals surface area contributed by atoms with Gasteiger partial charge in [0, 0.05) is 37.7 Å².